The highest BCUT2D eigenvalue weighted by atomic mass is 32.1. The number of carbonyl (C=O) groups is 3. The fourth-order valence-corrected chi connectivity index (χ4v) is 5.89. The molecule has 3 atom stereocenters. The molecule has 2 aromatic heterocycles. The quantitative estimate of drug-likeness (QED) is 0.304. The number of aryl methyl sites for hydroxylation is 1. The standard InChI is InChI=1S/C32H46N8O6S/c1-21(2)16-25-31(43)36-29(22(3)41)32(44)34-10-5-6-12-39(19-28-33-11-15-47-28)13-7-14-40-18-24(37-38-40)20-46-27-17-23(30(42)35-25)8-9-26(27)45-4/h8-9,11,15,17-18,21-22,25,29,41H,5-7,10,12-14,16,19-20H2,1-4H3,(H,34,44)(H,35,42)(H,36,43)/t22-,25-,29+/m1/s1. The number of nitrogens with zero attached hydrogens (tertiary/aromatic N) is 5. The number of aromatic nitrogens is 4. The zero-order valence-electron chi connectivity index (χ0n) is 27.5. The number of hydrogen-bond donors (Lipinski definition) is 4. The average Bonchev–Trinajstić information content (AvgIpc) is 3.73. The Morgan fingerprint density at radius 3 is 2.62 bits per heavy atom. The molecule has 0 saturated heterocycles. The van der Waals surface area contributed by atoms with Gasteiger partial charge in [0.2, 0.25) is 11.8 Å². The van der Waals surface area contributed by atoms with Crippen LogP contribution in [0.1, 0.15) is 67.5 Å². The van der Waals surface area contributed by atoms with Crippen molar-refractivity contribution in [2.24, 2.45) is 5.92 Å². The normalized spacial score (nSPS) is 20.3. The molecule has 0 saturated carbocycles. The lowest BCUT2D eigenvalue weighted by Gasteiger charge is -2.26. The van der Waals surface area contributed by atoms with Gasteiger partial charge in [-0.3, -0.25) is 24.0 Å². The second kappa shape index (κ2) is 17.7. The molecule has 3 amide bonds. The summed E-state index contributed by atoms with van der Waals surface area (Å²) in [6, 6.07) is 2.61. The zero-order valence-corrected chi connectivity index (χ0v) is 28.3. The number of hydrogen-bond acceptors (Lipinski definition) is 11. The van der Waals surface area contributed by atoms with Crippen LogP contribution in [0.15, 0.2) is 36.0 Å². The molecule has 1 aliphatic rings. The van der Waals surface area contributed by atoms with E-state index in [1.807, 2.05) is 25.4 Å². The van der Waals surface area contributed by atoms with E-state index in [1.165, 1.54) is 14.0 Å². The van der Waals surface area contributed by atoms with E-state index in [-0.39, 0.29) is 18.1 Å². The van der Waals surface area contributed by atoms with Crippen molar-refractivity contribution < 1.29 is 29.0 Å². The summed E-state index contributed by atoms with van der Waals surface area (Å²) in [5.41, 5.74) is 0.881. The van der Waals surface area contributed by atoms with Crippen LogP contribution in [0.2, 0.25) is 0 Å². The van der Waals surface area contributed by atoms with Crippen LogP contribution >= 0.6 is 11.3 Å². The van der Waals surface area contributed by atoms with Gasteiger partial charge in [-0.15, -0.1) is 16.4 Å². The van der Waals surface area contributed by atoms with Gasteiger partial charge in [0.05, 0.1) is 26.0 Å². The monoisotopic (exact) mass is 670 g/mol. The highest BCUT2D eigenvalue weighted by Crippen LogP contribution is 2.29. The summed E-state index contributed by atoms with van der Waals surface area (Å²) in [5, 5.41) is 30.2. The van der Waals surface area contributed by atoms with Gasteiger partial charge in [0.1, 0.15) is 29.4 Å². The highest BCUT2D eigenvalue weighted by Gasteiger charge is 2.30. The van der Waals surface area contributed by atoms with E-state index in [1.54, 1.807) is 40.4 Å². The Morgan fingerprint density at radius 2 is 1.89 bits per heavy atom. The SMILES string of the molecule is COc1ccc2cc1OCc1cn(nn1)CCCN(Cc1nccs1)CCCCNC(=O)[C@H]([C@@H](C)O)NC(=O)[C@@H](CC(C)C)NC2=O. The Bertz CT molecular complexity index is 1450. The molecule has 256 valence electrons. The van der Waals surface area contributed by atoms with Gasteiger partial charge in [-0.1, -0.05) is 19.1 Å². The van der Waals surface area contributed by atoms with Gasteiger partial charge in [-0.2, -0.15) is 0 Å². The molecule has 15 heteroatoms. The van der Waals surface area contributed by atoms with Crippen LogP contribution in [-0.4, -0.2) is 92.6 Å². The second-order valence-electron chi connectivity index (χ2n) is 12.1. The molecule has 4 rings (SSSR count). The Labute approximate surface area is 279 Å². The number of thiazole rings is 1. The first-order valence-electron chi connectivity index (χ1n) is 16.0. The van der Waals surface area contributed by atoms with E-state index in [4.69, 9.17) is 9.47 Å². The third-order valence-corrected chi connectivity index (χ3v) is 8.45. The maximum Gasteiger partial charge on any atom is 0.252 e. The smallest absolute Gasteiger partial charge is 0.252 e. The summed E-state index contributed by atoms with van der Waals surface area (Å²) in [7, 11) is 1.51. The molecule has 4 N–H and O–H groups in total. The van der Waals surface area contributed by atoms with Crippen molar-refractivity contribution in [1.82, 2.24) is 40.8 Å². The number of nitrogens with one attached hydrogen (secondary N) is 3. The molecular weight excluding hydrogens is 624 g/mol. The maximum absolute atomic E-state index is 13.4. The first-order valence-corrected chi connectivity index (χ1v) is 16.9. The number of aliphatic hydroxyl groups excluding tert-OH is 1. The predicted octanol–water partition coefficient (Wildman–Crippen LogP) is 2.13. The van der Waals surface area contributed by atoms with E-state index < -0.39 is 35.9 Å². The summed E-state index contributed by atoms with van der Waals surface area (Å²) in [6.45, 7) is 8.82. The third-order valence-electron chi connectivity index (χ3n) is 7.68. The molecule has 47 heavy (non-hydrogen) atoms. The van der Waals surface area contributed by atoms with Crippen molar-refractivity contribution in [2.75, 3.05) is 26.7 Å². The predicted molar refractivity (Wildman–Crippen MR) is 176 cm³/mol. The van der Waals surface area contributed by atoms with Crippen LogP contribution in [-0.2, 0) is 29.3 Å². The molecule has 3 heterocycles. The first-order chi connectivity index (χ1) is 22.6. The summed E-state index contributed by atoms with van der Waals surface area (Å²) in [4.78, 5) is 46.6. The fraction of sp³-hybridized carbons (Fsp3) is 0.562. The van der Waals surface area contributed by atoms with Crippen LogP contribution in [0.3, 0.4) is 0 Å². The van der Waals surface area contributed by atoms with Crippen LogP contribution in [0.4, 0.5) is 0 Å². The highest BCUT2D eigenvalue weighted by molar-refractivity contribution is 7.09. The Kier molecular flexibility index (Phi) is 13.5. The Balaban J connectivity index is 1.55. The third kappa shape index (κ3) is 11.0. The lowest BCUT2D eigenvalue weighted by Crippen LogP contribution is -2.57. The molecule has 0 aliphatic carbocycles. The molecular formula is C32H46N8O6S. The molecule has 1 aliphatic heterocycles. The minimum absolute atomic E-state index is 0.0510. The van der Waals surface area contributed by atoms with Crippen molar-refractivity contribution in [1.29, 1.82) is 0 Å². The number of amides is 3. The van der Waals surface area contributed by atoms with Crippen LogP contribution in [0, 0.1) is 5.92 Å². The number of carbonyl (C=O) groups excluding carboxylic acids is 3. The van der Waals surface area contributed by atoms with Gasteiger partial charge in [0.15, 0.2) is 11.5 Å². The fourth-order valence-electron chi connectivity index (χ4n) is 5.23. The zero-order chi connectivity index (χ0) is 33.8. The molecule has 1 aromatic carbocycles. The summed E-state index contributed by atoms with van der Waals surface area (Å²) >= 11 is 1.62. The van der Waals surface area contributed by atoms with Gasteiger partial charge in [0, 0.05) is 36.8 Å². The van der Waals surface area contributed by atoms with Crippen LogP contribution < -0.4 is 25.4 Å². The van der Waals surface area contributed by atoms with Crippen molar-refractivity contribution in [3.63, 3.8) is 0 Å². The summed E-state index contributed by atoms with van der Waals surface area (Å²) < 4.78 is 13.2. The number of fused-ring (bicyclic) bond motifs is 4. The lowest BCUT2D eigenvalue weighted by molar-refractivity contribution is -0.132. The van der Waals surface area contributed by atoms with Gasteiger partial charge < -0.3 is 30.5 Å². The number of ether oxygens (including phenoxy) is 2. The number of benzene rings is 1. The molecule has 0 fully saturated rings. The largest absolute Gasteiger partial charge is 0.493 e. The van der Waals surface area contributed by atoms with E-state index in [0.29, 0.717) is 43.1 Å². The minimum atomic E-state index is -1.18. The van der Waals surface area contributed by atoms with Gasteiger partial charge in [0.25, 0.3) is 5.91 Å². The summed E-state index contributed by atoms with van der Waals surface area (Å²) in [6.07, 6.45) is 5.19. The van der Waals surface area contributed by atoms with E-state index >= 15 is 0 Å². The Hall–Kier alpha value is -4.08. The van der Waals surface area contributed by atoms with E-state index in [9.17, 15) is 19.5 Å². The first kappa shape index (κ1) is 35.8. The molecule has 3 aromatic rings. The van der Waals surface area contributed by atoms with Crippen molar-refractivity contribution >= 4 is 29.1 Å². The van der Waals surface area contributed by atoms with Crippen molar-refractivity contribution in [3.05, 3.63) is 52.2 Å². The van der Waals surface area contributed by atoms with Crippen LogP contribution in [0.25, 0.3) is 0 Å². The van der Waals surface area contributed by atoms with Crippen LogP contribution in [0.5, 0.6) is 11.5 Å². The van der Waals surface area contributed by atoms with Crippen molar-refractivity contribution in [3.8, 4) is 11.5 Å². The topological polar surface area (TPSA) is 173 Å². The molecule has 4 bridgehead atoms. The molecule has 14 nitrogen and oxygen atoms in total. The van der Waals surface area contributed by atoms with Gasteiger partial charge >= 0.3 is 0 Å². The average molecular weight is 671 g/mol. The lowest BCUT2D eigenvalue weighted by atomic mass is 10.0. The number of aliphatic hydroxyl groups is 1. The van der Waals surface area contributed by atoms with E-state index in [0.717, 1.165) is 37.5 Å². The van der Waals surface area contributed by atoms with E-state index in [2.05, 4.69) is 36.1 Å². The Morgan fingerprint density at radius 1 is 1.09 bits per heavy atom. The van der Waals surface area contributed by atoms with Gasteiger partial charge in [-0.05, 0) is 63.3 Å². The summed E-state index contributed by atoms with van der Waals surface area (Å²) in [5.74, 6) is -0.735. The molecule has 0 unspecified atom stereocenters. The minimum Gasteiger partial charge on any atom is -0.493 e. The molecule has 0 radical (unpaired) electrons. The second-order valence-corrected chi connectivity index (χ2v) is 13.0. The maximum atomic E-state index is 13.4. The van der Waals surface area contributed by atoms with Crippen molar-refractivity contribution in [2.45, 2.75) is 84.3 Å². The molecule has 0 spiro atoms. The van der Waals surface area contributed by atoms with Gasteiger partial charge in [-0.25, -0.2) is 4.98 Å². The number of rotatable bonds is 6. The number of methoxy groups -OCH3 is 1.